The Bertz CT molecular complexity index is 213. The summed E-state index contributed by atoms with van der Waals surface area (Å²) >= 11 is 0. The van der Waals surface area contributed by atoms with Crippen LogP contribution in [0.25, 0.3) is 0 Å². The second-order valence-corrected chi connectivity index (χ2v) is 5.61. The summed E-state index contributed by atoms with van der Waals surface area (Å²) < 4.78 is 0. The molecule has 2 heteroatoms. The Morgan fingerprint density at radius 3 is 2.67 bits per heavy atom. The van der Waals surface area contributed by atoms with E-state index in [9.17, 15) is 0 Å². The molecule has 1 unspecified atom stereocenters. The number of nitrogens with one attached hydrogen (secondary N) is 1. The molecule has 88 valence electrons. The molecule has 0 aliphatic heterocycles. The molecule has 0 amide bonds. The Hall–Kier alpha value is -0.340. The summed E-state index contributed by atoms with van der Waals surface area (Å²) in [7, 11) is 0. The van der Waals surface area contributed by atoms with Crippen molar-refractivity contribution in [1.29, 1.82) is 0 Å². The molecule has 0 bridgehead atoms. The van der Waals surface area contributed by atoms with Crippen LogP contribution in [0.1, 0.15) is 46.5 Å². The largest absolute Gasteiger partial charge is 0.329 e. The predicted octanol–water partition coefficient (Wildman–Crippen LogP) is 2.45. The highest BCUT2D eigenvalue weighted by atomic mass is 14.9. The van der Waals surface area contributed by atoms with E-state index < -0.39 is 0 Å². The average molecular weight is 210 g/mol. The fraction of sp³-hybridized carbons (Fsp3) is 0.846. The summed E-state index contributed by atoms with van der Waals surface area (Å²) in [4.78, 5) is 0. The zero-order valence-electron chi connectivity index (χ0n) is 10.5. The van der Waals surface area contributed by atoms with Crippen LogP contribution < -0.4 is 11.1 Å². The van der Waals surface area contributed by atoms with Crippen LogP contribution in [0.4, 0.5) is 0 Å². The number of nitrogens with two attached hydrogens (primary N) is 1. The summed E-state index contributed by atoms with van der Waals surface area (Å²) in [6.45, 7) is 8.53. The molecule has 0 aromatic carbocycles. The van der Waals surface area contributed by atoms with Crippen LogP contribution in [-0.4, -0.2) is 19.1 Å². The van der Waals surface area contributed by atoms with Crippen molar-refractivity contribution in [3.8, 4) is 0 Å². The highest BCUT2D eigenvalue weighted by molar-refractivity contribution is 5.07. The molecular weight excluding hydrogens is 184 g/mol. The molecule has 0 saturated heterocycles. The van der Waals surface area contributed by atoms with Crippen molar-refractivity contribution in [1.82, 2.24) is 5.32 Å². The van der Waals surface area contributed by atoms with Gasteiger partial charge in [-0.2, -0.15) is 0 Å². The van der Waals surface area contributed by atoms with E-state index in [4.69, 9.17) is 5.73 Å². The van der Waals surface area contributed by atoms with Gasteiger partial charge in [-0.1, -0.05) is 32.4 Å². The van der Waals surface area contributed by atoms with Crippen molar-refractivity contribution in [2.24, 2.45) is 11.1 Å². The highest BCUT2D eigenvalue weighted by Gasteiger charge is 2.22. The SMILES string of the molecule is CC(C)(C)C(CN)NCCC1=CCCC1. The normalized spacial score (nSPS) is 19.1. The fourth-order valence-corrected chi connectivity index (χ4v) is 2.11. The van der Waals surface area contributed by atoms with E-state index >= 15 is 0 Å². The topological polar surface area (TPSA) is 38.0 Å². The summed E-state index contributed by atoms with van der Waals surface area (Å²) in [5.41, 5.74) is 7.67. The van der Waals surface area contributed by atoms with E-state index in [1.54, 1.807) is 5.57 Å². The number of hydrogen-bond acceptors (Lipinski definition) is 2. The van der Waals surface area contributed by atoms with Gasteiger partial charge in [-0.3, -0.25) is 0 Å². The Balaban J connectivity index is 2.22. The molecule has 3 N–H and O–H groups in total. The predicted molar refractivity (Wildman–Crippen MR) is 66.9 cm³/mol. The lowest BCUT2D eigenvalue weighted by Crippen LogP contribution is -2.46. The first-order chi connectivity index (χ1) is 7.04. The van der Waals surface area contributed by atoms with Gasteiger partial charge >= 0.3 is 0 Å². The Labute approximate surface area is 94.3 Å². The van der Waals surface area contributed by atoms with Crippen LogP contribution in [0.5, 0.6) is 0 Å². The summed E-state index contributed by atoms with van der Waals surface area (Å²) in [5, 5.41) is 3.57. The molecule has 1 aliphatic carbocycles. The van der Waals surface area contributed by atoms with Gasteiger partial charge in [-0.25, -0.2) is 0 Å². The van der Waals surface area contributed by atoms with Crippen LogP contribution in [0.3, 0.4) is 0 Å². The maximum atomic E-state index is 5.78. The number of allylic oxidation sites excluding steroid dienone is 1. The number of rotatable bonds is 5. The standard InChI is InChI=1S/C13H26N2/c1-13(2,3)12(10-14)15-9-8-11-6-4-5-7-11/h6,12,15H,4-5,7-10,14H2,1-3H3. The Kier molecular flexibility index (Phi) is 4.81. The van der Waals surface area contributed by atoms with Crippen LogP contribution in [0, 0.1) is 5.41 Å². The fourth-order valence-electron chi connectivity index (χ4n) is 2.11. The molecule has 0 heterocycles. The van der Waals surface area contributed by atoms with Gasteiger partial charge < -0.3 is 11.1 Å². The molecule has 0 fully saturated rings. The van der Waals surface area contributed by atoms with E-state index in [2.05, 4.69) is 32.2 Å². The van der Waals surface area contributed by atoms with E-state index in [1.807, 2.05) is 0 Å². The first-order valence-corrected chi connectivity index (χ1v) is 6.15. The maximum absolute atomic E-state index is 5.78. The van der Waals surface area contributed by atoms with Gasteiger partial charge in [0.1, 0.15) is 0 Å². The maximum Gasteiger partial charge on any atom is 0.0238 e. The van der Waals surface area contributed by atoms with Crippen molar-refractivity contribution in [2.45, 2.75) is 52.5 Å². The van der Waals surface area contributed by atoms with Crippen molar-refractivity contribution in [3.63, 3.8) is 0 Å². The number of hydrogen-bond donors (Lipinski definition) is 2. The van der Waals surface area contributed by atoms with Crippen LogP contribution in [0.2, 0.25) is 0 Å². The van der Waals surface area contributed by atoms with Gasteiger partial charge in [0.05, 0.1) is 0 Å². The molecule has 0 radical (unpaired) electrons. The molecule has 1 aliphatic rings. The molecule has 0 aromatic heterocycles. The lowest BCUT2D eigenvalue weighted by atomic mass is 9.86. The molecule has 1 rings (SSSR count). The van der Waals surface area contributed by atoms with Gasteiger partial charge in [-0.15, -0.1) is 0 Å². The van der Waals surface area contributed by atoms with Gasteiger partial charge in [0.25, 0.3) is 0 Å². The molecule has 2 nitrogen and oxygen atoms in total. The van der Waals surface area contributed by atoms with Crippen LogP contribution >= 0.6 is 0 Å². The average Bonchev–Trinajstić information content (AvgIpc) is 2.62. The van der Waals surface area contributed by atoms with Crippen LogP contribution in [0.15, 0.2) is 11.6 Å². The van der Waals surface area contributed by atoms with Gasteiger partial charge in [0, 0.05) is 12.6 Å². The molecule has 15 heavy (non-hydrogen) atoms. The molecule has 0 saturated carbocycles. The quantitative estimate of drug-likeness (QED) is 0.684. The molecule has 0 spiro atoms. The first-order valence-electron chi connectivity index (χ1n) is 6.15. The Morgan fingerprint density at radius 2 is 2.20 bits per heavy atom. The van der Waals surface area contributed by atoms with Crippen molar-refractivity contribution in [3.05, 3.63) is 11.6 Å². The minimum atomic E-state index is 0.263. The minimum Gasteiger partial charge on any atom is -0.329 e. The van der Waals surface area contributed by atoms with Crippen molar-refractivity contribution < 1.29 is 0 Å². The smallest absolute Gasteiger partial charge is 0.0238 e. The molecule has 0 aromatic rings. The lowest BCUT2D eigenvalue weighted by molar-refractivity contribution is 0.275. The minimum absolute atomic E-state index is 0.263. The molecule has 1 atom stereocenters. The lowest BCUT2D eigenvalue weighted by Gasteiger charge is -2.30. The monoisotopic (exact) mass is 210 g/mol. The van der Waals surface area contributed by atoms with Gasteiger partial charge in [0.2, 0.25) is 0 Å². The summed E-state index contributed by atoms with van der Waals surface area (Å²) in [6, 6.07) is 0.430. The zero-order chi connectivity index (χ0) is 11.3. The third-order valence-electron chi connectivity index (χ3n) is 3.25. The first kappa shape index (κ1) is 12.7. The van der Waals surface area contributed by atoms with E-state index in [0.29, 0.717) is 6.04 Å². The van der Waals surface area contributed by atoms with Crippen molar-refractivity contribution in [2.75, 3.05) is 13.1 Å². The highest BCUT2D eigenvalue weighted by Crippen LogP contribution is 2.21. The van der Waals surface area contributed by atoms with Gasteiger partial charge in [0.15, 0.2) is 0 Å². The molecular formula is C13H26N2. The van der Waals surface area contributed by atoms with E-state index in [1.165, 1.54) is 25.7 Å². The van der Waals surface area contributed by atoms with Crippen molar-refractivity contribution >= 4 is 0 Å². The second kappa shape index (κ2) is 5.66. The zero-order valence-corrected chi connectivity index (χ0v) is 10.5. The second-order valence-electron chi connectivity index (χ2n) is 5.61. The van der Waals surface area contributed by atoms with E-state index in [0.717, 1.165) is 13.1 Å². The summed E-state index contributed by atoms with van der Waals surface area (Å²) in [6.07, 6.45) is 7.55. The third kappa shape index (κ3) is 4.35. The van der Waals surface area contributed by atoms with Gasteiger partial charge in [-0.05, 0) is 37.6 Å². The third-order valence-corrected chi connectivity index (χ3v) is 3.25. The van der Waals surface area contributed by atoms with E-state index in [-0.39, 0.29) is 5.41 Å². The van der Waals surface area contributed by atoms with Crippen LogP contribution in [-0.2, 0) is 0 Å². The Morgan fingerprint density at radius 1 is 1.47 bits per heavy atom. The summed E-state index contributed by atoms with van der Waals surface area (Å²) in [5.74, 6) is 0.